The second-order valence-electron chi connectivity index (χ2n) is 6.32. The average molecular weight is 342 g/mol. The van der Waals surface area contributed by atoms with E-state index in [4.69, 9.17) is 4.99 Å². The summed E-state index contributed by atoms with van der Waals surface area (Å²) in [7, 11) is 0. The van der Waals surface area contributed by atoms with Crippen molar-refractivity contribution < 1.29 is 13.2 Å². The third kappa shape index (κ3) is 3.06. The molecule has 2 aliphatic heterocycles. The van der Waals surface area contributed by atoms with Gasteiger partial charge in [-0.05, 0) is 36.6 Å². The number of likely N-dealkylation sites (tertiary alicyclic amines) is 1. The van der Waals surface area contributed by atoms with Crippen LogP contribution in [-0.4, -0.2) is 23.8 Å². The number of hydrogen-bond acceptors (Lipinski definition) is 2. The molecule has 0 radical (unpaired) electrons. The number of amidine groups is 1. The Labute approximate surface area is 144 Å². The van der Waals surface area contributed by atoms with Crippen LogP contribution >= 0.6 is 0 Å². The van der Waals surface area contributed by atoms with Crippen LogP contribution in [0.4, 0.5) is 13.2 Å². The highest BCUT2D eigenvalue weighted by Gasteiger charge is 2.30. The lowest BCUT2D eigenvalue weighted by molar-refractivity contribution is -0.137. The summed E-state index contributed by atoms with van der Waals surface area (Å²) in [6.07, 6.45) is -0.132. The Hall–Kier alpha value is -2.56. The molecular formula is C20H17F3N2. The fourth-order valence-corrected chi connectivity index (χ4v) is 3.34. The van der Waals surface area contributed by atoms with Gasteiger partial charge in [-0.2, -0.15) is 13.2 Å². The standard InChI is InChI=1S/C20H17F3N2/c21-20(22,23)15-9-7-14(8-10-15)13-18-16-5-1-2-6-17(16)19(24-18)25-11-3-4-12-25/h1-2,5-10,13H,3-4,11-12H2/b18-13+. The second kappa shape index (κ2) is 6.06. The summed E-state index contributed by atoms with van der Waals surface area (Å²) in [4.78, 5) is 7.07. The molecule has 128 valence electrons. The van der Waals surface area contributed by atoms with Crippen molar-refractivity contribution in [2.24, 2.45) is 4.99 Å². The SMILES string of the molecule is FC(F)(F)c1ccc(/C=C2/N=C(N3CCCC3)c3ccccc32)cc1. The Bertz CT molecular complexity index is 842. The van der Waals surface area contributed by atoms with Crippen molar-refractivity contribution in [1.82, 2.24) is 4.90 Å². The molecule has 0 spiro atoms. The minimum absolute atomic E-state index is 0.636. The van der Waals surface area contributed by atoms with E-state index in [2.05, 4.69) is 11.0 Å². The molecular weight excluding hydrogens is 325 g/mol. The summed E-state index contributed by atoms with van der Waals surface area (Å²) in [5.74, 6) is 0.978. The number of fused-ring (bicyclic) bond motifs is 1. The number of rotatable bonds is 1. The van der Waals surface area contributed by atoms with Crippen molar-refractivity contribution >= 4 is 17.6 Å². The highest BCUT2D eigenvalue weighted by molar-refractivity contribution is 6.12. The van der Waals surface area contributed by atoms with Crippen LogP contribution in [0.1, 0.15) is 35.1 Å². The van der Waals surface area contributed by atoms with E-state index in [0.29, 0.717) is 5.56 Å². The van der Waals surface area contributed by atoms with Gasteiger partial charge in [0.05, 0.1) is 11.3 Å². The van der Waals surface area contributed by atoms with Gasteiger partial charge in [0.2, 0.25) is 0 Å². The van der Waals surface area contributed by atoms with Crippen LogP contribution in [0.5, 0.6) is 0 Å². The molecule has 0 aromatic heterocycles. The van der Waals surface area contributed by atoms with Crippen molar-refractivity contribution in [1.29, 1.82) is 0 Å². The Morgan fingerprint density at radius 2 is 1.52 bits per heavy atom. The van der Waals surface area contributed by atoms with E-state index < -0.39 is 11.7 Å². The molecule has 2 heterocycles. The van der Waals surface area contributed by atoms with E-state index in [-0.39, 0.29) is 0 Å². The molecule has 25 heavy (non-hydrogen) atoms. The van der Waals surface area contributed by atoms with Crippen molar-refractivity contribution in [3.05, 3.63) is 70.8 Å². The highest BCUT2D eigenvalue weighted by atomic mass is 19.4. The van der Waals surface area contributed by atoms with Gasteiger partial charge in [0.15, 0.2) is 0 Å². The number of hydrogen-bond donors (Lipinski definition) is 0. The van der Waals surface area contributed by atoms with E-state index in [9.17, 15) is 13.2 Å². The first-order valence-corrected chi connectivity index (χ1v) is 8.35. The zero-order valence-electron chi connectivity index (χ0n) is 13.6. The smallest absolute Gasteiger partial charge is 0.356 e. The van der Waals surface area contributed by atoms with E-state index in [1.165, 1.54) is 25.0 Å². The molecule has 2 aromatic rings. The summed E-state index contributed by atoms with van der Waals surface area (Å²) in [5, 5.41) is 0. The Kier molecular flexibility index (Phi) is 3.86. The molecule has 0 bridgehead atoms. The minimum Gasteiger partial charge on any atom is -0.356 e. The maximum absolute atomic E-state index is 12.7. The molecule has 0 atom stereocenters. The summed E-state index contributed by atoms with van der Waals surface area (Å²) in [6.45, 7) is 2.00. The molecule has 0 saturated carbocycles. The number of halogens is 3. The lowest BCUT2D eigenvalue weighted by Crippen LogP contribution is -2.27. The molecule has 5 heteroatoms. The minimum atomic E-state index is -4.31. The summed E-state index contributed by atoms with van der Waals surface area (Å²) in [5.41, 5.74) is 3.01. The van der Waals surface area contributed by atoms with Gasteiger partial charge in [-0.1, -0.05) is 36.4 Å². The normalized spacial score (nSPS) is 18.6. The molecule has 0 N–H and O–H groups in total. The Morgan fingerprint density at radius 3 is 2.16 bits per heavy atom. The molecule has 0 aliphatic carbocycles. The quantitative estimate of drug-likeness (QED) is 0.707. The fraction of sp³-hybridized carbons (Fsp3) is 0.250. The van der Waals surface area contributed by atoms with Gasteiger partial charge in [-0.3, -0.25) is 0 Å². The number of benzene rings is 2. The zero-order valence-corrected chi connectivity index (χ0v) is 13.6. The monoisotopic (exact) mass is 342 g/mol. The third-order valence-electron chi connectivity index (χ3n) is 4.62. The summed E-state index contributed by atoms with van der Waals surface area (Å²) < 4.78 is 38.1. The Morgan fingerprint density at radius 1 is 0.880 bits per heavy atom. The van der Waals surface area contributed by atoms with Crippen LogP contribution in [0, 0.1) is 0 Å². The van der Waals surface area contributed by atoms with E-state index in [1.54, 1.807) is 0 Å². The molecule has 0 amide bonds. The number of alkyl halides is 3. The van der Waals surface area contributed by atoms with Crippen LogP contribution in [0.2, 0.25) is 0 Å². The van der Waals surface area contributed by atoms with Crippen LogP contribution in [0.25, 0.3) is 11.8 Å². The van der Waals surface area contributed by atoms with Gasteiger partial charge in [0.25, 0.3) is 0 Å². The van der Waals surface area contributed by atoms with Gasteiger partial charge in [0, 0.05) is 24.2 Å². The fourth-order valence-electron chi connectivity index (χ4n) is 3.34. The molecule has 0 unspecified atom stereocenters. The van der Waals surface area contributed by atoms with Crippen LogP contribution in [0.15, 0.2) is 53.5 Å². The van der Waals surface area contributed by atoms with E-state index in [1.807, 2.05) is 24.3 Å². The topological polar surface area (TPSA) is 15.6 Å². The second-order valence-corrected chi connectivity index (χ2v) is 6.32. The largest absolute Gasteiger partial charge is 0.416 e. The van der Waals surface area contributed by atoms with Crippen LogP contribution < -0.4 is 0 Å². The lowest BCUT2D eigenvalue weighted by atomic mass is 10.0. The van der Waals surface area contributed by atoms with E-state index in [0.717, 1.165) is 47.9 Å². The van der Waals surface area contributed by atoms with Gasteiger partial charge < -0.3 is 4.90 Å². The van der Waals surface area contributed by atoms with Crippen LogP contribution in [0.3, 0.4) is 0 Å². The first-order chi connectivity index (χ1) is 12.0. The Balaban J connectivity index is 1.70. The molecule has 2 aromatic carbocycles. The lowest BCUT2D eigenvalue weighted by Gasteiger charge is -2.17. The highest BCUT2D eigenvalue weighted by Crippen LogP contribution is 2.33. The van der Waals surface area contributed by atoms with Gasteiger partial charge in [-0.15, -0.1) is 0 Å². The van der Waals surface area contributed by atoms with Crippen molar-refractivity contribution in [3.63, 3.8) is 0 Å². The first kappa shape index (κ1) is 15.9. The molecule has 4 rings (SSSR count). The molecule has 2 aliphatic rings. The van der Waals surface area contributed by atoms with Crippen molar-refractivity contribution in [2.45, 2.75) is 19.0 Å². The predicted octanol–water partition coefficient (Wildman–Crippen LogP) is 5.06. The molecule has 1 saturated heterocycles. The maximum atomic E-state index is 12.7. The average Bonchev–Trinajstić information content (AvgIpc) is 3.23. The van der Waals surface area contributed by atoms with Gasteiger partial charge in [0.1, 0.15) is 5.84 Å². The predicted molar refractivity (Wildman–Crippen MR) is 93.1 cm³/mol. The zero-order chi connectivity index (χ0) is 17.4. The van der Waals surface area contributed by atoms with E-state index >= 15 is 0 Å². The maximum Gasteiger partial charge on any atom is 0.416 e. The number of nitrogens with zero attached hydrogens (tertiary/aromatic N) is 2. The first-order valence-electron chi connectivity index (χ1n) is 8.35. The molecule has 2 nitrogen and oxygen atoms in total. The van der Waals surface area contributed by atoms with Gasteiger partial charge >= 0.3 is 6.18 Å². The van der Waals surface area contributed by atoms with Crippen molar-refractivity contribution in [2.75, 3.05) is 13.1 Å². The third-order valence-corrected chi connectivity index (χ3v) is 4.62. The van der Waals surface area contributed by atoms with Gasteiger partial charge in [-0.25, -0.2) is 4.99 Å². The number of aliphatic imine (C=N–C) groups is 1. The molecule has 1 fully saturated rings. The summed E-state index contributed by atoms with van der Waals surface area (Å²) in [6, 6.07) is 13.2. The van der Waals surface area contributed by atoms with Crippen molar-refractivity contribution in [3.8, 4) is 0 Å². The summed E-state index contributed by atoms with van der Waals surface area (Å²) >= 11 is 0. The van der Waals surface area contributed by atoms with Crippen LogP contribution in [-0.2, 0) is 6.18 Å².